The summed E-state index contributed by atoms with van der Waals surface area (Å²) >= 11 is 1.23. The van der Waals surface area contributed by atoms with E-state index in [-0.39, 0.29) is 16.8 Å². The average Bonchev–Trinajstić information content (AvgIpc) is 3.06. The lowest BCUT2D eigenvalue weighted by Crippen LogP contribution is -2.27. The number of benzene rings is 1. The number of aryl methyl sites for hydroxylation is 2. The van der Waals surface area contributed by atoms with Crippen molar-refractivity contribution < 1.29 is 23.9 Å². The highest BCUT2D eigenvalue weighted by molar-refractivity contribution is 7.16. The Bertz CT molecular complexity index is 1260. The maximum atomic E-state index is 12.7. The van der Waals surface area contributed by atoms with Crippen LogP contribution in [0, 0.1) is 13.8 Å². The molecule has 32 heavy (non-hydrogen) atoms. The minimum absolute atomic E-state index is 0.0421. The summed E-state index contributed by atoms with van der Waals surface area (Å²) < 4.78 is 11.2. The summed E-state index contributed by atoms with van der Waals surface area (Å²) in [5.74, 6) is -2.00. The van der Waals surface area contributed by atoms with Gasteiger partial charge in [-0.05, 0) is 31.9 Å². The number of carbonyl (C=O) groups is 3. The Morgan fingerprint density at radius 2 is 1.81 bits per heavy atom. The van der Waals surface area contributed by atoms with Crippen molar-refractivity contribution in [1.29, 1.82) is 0 Å². The molecule has 1 amide bonds. The molecule has 9 nitrogen and oxygen atoms in total. The van der Waals surface area contributed by atoms with Crippen LogP contribution in [0.5, 0.6) is 0 Å². The van der Waals surface area contributed by atoms with Gasteiger partial charge in [0.15, 0.2) is 12.3 Å². The van der Waals surface area contributed by atoms with E-state index in [1.807, 2.05) is 13.8 Å². The van der Waals surface area contributed by atoms with Crippen molar-refractivity contribution >= 4 is 45.0 Å². The maximum absolute atomic E-state index is 12.7. The van der Waals surface area contributed by atoms with Gasteiger partial charge in [-0.3, -0.25) is 9.59 Å². The van der Waals surface area contributed by atoms with Crippen LogP contribution in [0.3, 0.4) is 0 Å². The molecule has 0 unspecified atom stereocenters. The summed E-state index contributed by atoms with van der Waals surface area (Å²) in [6.07, 6.45) is 0.657. The molecule has 2 heterocycles. The summed E-state index contributed by atoms with van der Waals surface area (Å²) in [4.78, 5) is 50.6. The van der Waals surface area contributed by atoms with E-state index in [1.54, 1.807) is 31.2 Å². The Balaban J connectivity index is 1.80. The number of aromatic nitrogens is 2. The molecule has 10 heteroatoms. The molecule has 0 bridgehead atoms. The average molecular weight is 458 g/mol. The standard InChI is InChI=1S/C22H23N3O6S/c1-5-10-25-20(27)15-9-7-6-8-14(15)18(24-25)22(29)31-11-16(26)23-19-17(21(28)30-4)12(2)13(3)32-19/h6-9H,5,10-11H2,1-4H3,(H,23,26). The first-order valence-electron chi connectivity index (χ1n) is 9.93. The zero-order chi connectivity index (χ0) is 23.4. The lowest BCUT2D eigenvalue weighted by molar-refractivity contribution is -0.119. The summed E-state index contributed by atoms with van der Waals surface area (Å²) in [6.45, 7) is 5.23. The number of carbonyl (C=O) groups excluding carboxylic acids is 3. The second-order valence-corrected chi connectivity index (χ2v) is 8.25. The molecule has 1 aromatic carbocycles. The Morgan fingerprint density at radius 3 is 2.47 bits per heavy atom. The van der Waals surface area contributed by atoms with Crippen molar-refractivity contribution in [2.24, 2.45) is 0 Å². The monoisotopic (exact) mass is 457 g/mol. The molecule has 1 N–H and O–H groups in total. The van der Waals surface area contributed by atoms with Crippen LogP contribution in [0.1, 0.15) is 44.6 Å². The van der Waals surface area contributed by atoms with Crippen molar-refractivity contribution in [2.75, 3.05) is 19.0 Å². The van der Waals surface area contributed by atoms with Crippen molar-refractivity contribution in [3.05, 3.63) is 56.3 Å². The van der Waals surface area contributed by atoms with Crippen molar-refractivity contribution in [3.63, 3.8) is 0 Å². The van der Waals surface area contributed by atoms with Crippen LogP contribution < -0.4 is 10.9 Å². The van der Waals surface area contributed by atoms with Gasteiger partial charge in [0.25, 0.3) is 11.5 Å². The first-order chi connectivity index (χ1) is 15.3. The predicted molar refractivity (Wildman–Crippen MR) is 120 cm³/mol. The quantitative estimate of drug-likeness (QED) is 0.542. The smallest absolute Gasteiger partial charge is 0.359 e. The zero-order valence-electron chi connectivity index (χ0n) is 18.2. The number of ether oxygens (including phenoxy) is 2. The largest absolute Gasteiger partial charge is 0.465 e. The van der Waals surface area contributed by atoms with Gasteiger partial charge < -0.3 is 14.8 Å². The number of nitrogens with one attached hydrogen (secondary N) is 1. The topological polar surface area (TPSA) is 117 Å². The lowest BCUT2D eigenvalue weighted by atomic mass is 10.1. The minimum Gasteiger partial charge on any atom is -0.465 e. The fraction of sp³-hybridized carbons (Fsp3) is 0.318. The minimum atomic E-state index is -0.826. The molecule has 0 atom stereocenters. The van der Waals surface area contributed by atoms with E-state index in [4.69, 9.17) is 9.47 Å². The molecule has 0 fully saturated rings. The fourth-order valence-corrected chi connectivity index (χ4v) is 4.24. The van der Waals surface area contributed by atoms with Crippen molar-refractivity contribution in [1.82, 2.24) is 9.78 Å². The van der Waals surface area contributed by atoms with E-state index in [9.17, 15) is 19.2 Å². The highest BCUT2D eigenvalue weighted by Crippen LogP contribution is 2.32. The van der Waals surface area contributed by atoms with Gasteiger partial charge in [0, 0.05) is 16.8 Å². The fourth-order valence-electron chi connectivity index (χ4n) is 3.17. The number of fused-ring (bicyclic) bond motifs is 1. The molecule has 0 aliphatic rings. The van der Waals surface area contributed by atoms with Gasteiger partial charge >= 0.3 is 11.9 Å². The van der Waals surface area contributed by atoms with Gasteiger partial charge in [-0.1, -0.05) is 25.1 Å². The molecule has 0 saturated heterocycles. The molecular weight excluding hydrogens is 434 g/mol. The van der Waals surface area contributed by atoms with Crippen LogP contribution >= 0.6 is 11.3 Å². The Labute approximate surface area is 188 Å². The molecule has 3 aromatic rings. The summed E-state index contributed by atoms with van der Waals surface area (Å²) in [6, 6.07) is 6.61. The Morgan fingerprint density at radius 1 is 1.12 bits per heavy atom. The molecule has 3 rings (SSSR count). The molecule has 2 aromatic heterocycles. The number of amides is 1. The van der Waals surface area contributed by atoms with Gasteiger partial charge in [-0.15, -0.1) is 11.3 Å². The van der Waals surface area contributed by atoms with Crippen LogP contribution in [0.25, 0.3) is 10.8 Å². The number of thiophene rings is 1. The van der Waals surface area contributed by atoms with Crippen molar-refractivity contribution in [3.8, 4) is 0 Å². The third-order valence-electron chi connectivity index (χ3n) is 4.86. The highest BCUT2D eigenvalue weighted by atomic mass is 32.1. The van der Waals surface area contributed by atoms with E-state index < -0.39 is 24.5 Å². The van der Waals surface area contributed by atoms with E-state index in [0.29, 0.717) is 34.3 Å². The van der Waals surface area contributed by atoms with Gasteiger partial charge in [-0.25, -0.2) is 14.3 Å². The maximum Gasteiger partial charge on any atom is 0.359 e. The number of hydrogen-bond donors (Lipinski definition) is 1. The number of nitrogens with zero attached hydrogens (tertiary/aromatic N) is 2. The lowest BCUT2D eigenvalue weighted by Gasteiger charge is -2.10. The van der Waals surface area contributed by atoms with Crippen LogP contribution in [-0.2, 0) is 20.8 Å². The SMILES string of the molecule is CCCn1nc(C(=O)OCC(=O)Nc2sc(C)c(C)c2C(=O)OC)c2ccccc2c1=O. The summed E-state index contributed by atoms with van der Waals surface area (Å²) in [7, 11) is 1.26. The number of hydrogen-bond acceptors (Lipinski definition) is 8. The summed E-state index contributed by atoms with van der Waals surface area (Å²) in [5, 5.41) is 7.78. The third-order valence-corrected chi connectivity index (χ3v) is 5.98. The number of anilines is 1. The number of esters is 2. The third kappa shape index (κ3) is 4.54. The first-order valence-corrected chi connectivity index (χ1v) is 10.7. The highest BCUT2D eigenvalue weighted by Gasteiger charge is 2.23. The Kier molecular flexibility index (Phi) is 7.04. The van der Waals surface area contributed by atoms with E-state index in [1.165, 1.54) is 23.1 Å². The number of rotatable bonds is 7. The van der Waals surface area contributed by atoms with Crippen LogP contribution in [0.2, 0.25) is 0 Å². The van der Waals surface area contributed by atoms with Gasteiger partial charge in [-0.2, -0.15) is 5.10 Å². The van der Waals surface area contributed by atoms with E-state index in [2.05, 4.69) is 10.4 Å². The molecular formula is C22H23N3O6S. The van der Waals surface area contributed by atoms with Crippen LogP contribution in [-0.4, -0.2) is 41.3 Å². The first kappa shape index (κ1) is 23.1. The molecule has 0 aliphatic heterocycles. The molecule has 0 spiro atoms. The second kappa shape index (κ2) is 9.73. The molecule has 168 valence electrons. The summed E-state index contributed by atoms with van der Waals surface area (Å²) in [5.41, 5.74) is 0.645. The second-order valence-electron chi connectivity index (χ2n) is 7.03. The Hall–Kier alpha value is -3.53. The van der Waals surface area contributed by atoms with E-state index in [0.717, 1.165) is 4.88 Å². The van der Waals surface area contributed by atoms with Crippen LogP contribution in [0.4, 0.5) is 5.00 Å². The van der Waals surface area contributed by atoms with E-state index >= 15 is 0 Å². The van der Waals surface area contributed by atoms with Crippen molar-refractivity contribution in [2.45, 2.75) is 33.7 Å². The van der Waals surface area contributed by atoms with Gasteiger partial charge in [0.1, 0.15) is 5.00 Å². The van der Waals surface area contributed by atoms with Gasteiger partial charge in [0.2, 0.25) is 0 Å². The van der Waals surface area contributed by atoms with Gasteiger partial charge in [0.05, 0.1) is 18.1 Å². The molecule has 0 saturated carbocycles. The normalized spacial score (nSPS) is 10.8. The van der Waals surface area contributed by atoms with Crippen LogP contribution in [0.15, 0.2) is 29.1 Å². The predicted octanol–water partition coefficient (Wildman–Crippen LogP) is 3.07. The molecule has 0 radical (unpaired) electrons. The zero-order valence-corrected chi connectivity index (χ0v) is 19.0. The molecule has 0 aliphatic carbocycles. The number of methoxy groups -OCH3 is 1.